The highest BCUT2D eigenvalue weighted by molar-refractivity contribution is 7.80. The molecule has 2 N–H and O–H groups in total. The highest BCUT2D eigenvalue weighted by Gasteiger charge is 2.27. The zero-order valence-electron chi connectivity index (χ0n) is 10.5. The first kappa shape index (κ1) is 12.5. The van der Waals surface area contributed by atoms with Gasteiger partial charge in [-0.15, -0.1) is 11.3 Å². The third kappa shape index (κ3) is 2.11. The Morgan fingerprint density at radius 1 is 1.47 bits per heavy atom. The molecule has 4 nitrogen and oxygen atoms in total. The fourth-order valence-corrected chi connectivity index (χ4v) is 3.62. The standard InChI is InChI=1S/C13H14N4S2/c1-8-9-3-7-19-10(9)2-6-17(8)13-11(12(14)18)15-4-5-16-13/h3-5,7-8H,2,6H2,1H3,(H2,14,18). The summed E-state index contributed by atoms with van der Waals surface area (Å²) in [4.78, 5) is 12.7. The van der Waals surface area contributed by atoms with Crippen molar-refractivity contribution in [2.24, 2.45) is 5.73 Å². The van der Waals surface area contributed by atoms with Crippen LogP contribution in [-0.4, -0.2) is 21.5 Å². The number of hydrogen-bond acceptors (Lipinski definition) is 5. The Bertz CT molecular complexity index is 623. The normalized spacial score (nSPS) is 18.2. The van der Waals surface area contributed by atoms with Gasteiger partial charge >= 0.3 is 0 Å². The Morgan fingerprint density at radius 3 is 3.05 bits per heavy atom. The molecule has 0 radical (unpaired) electrons. The van der Waals surface area contributed by atoms with Crippen molar-refractivity contribution in [3.05, 3.63) is 40.0 Å². The summed E-state index contributed by atoms with van der Waals surface area (Å²) in [5.41, 5.74) is 7.73. The lowest BCUT2D eigenvalue weighted by Crippen LogP contribution is -2.35. The molecule has 0 saturated heterocycles. The summed E-state index contributed by atoms with van der Waals surface area (Å²) in [5, 5.41) is 2.15. The first-order chi connectivity index (χ1) is 9.18. The van der Waals surface area contributed by atoms with Crippen LogP contribution in [0.25, 0.3) is 0 Å². The van der Waals surface area contributed by atoms with Gasteiger partial charge < -0.3 is 10.6 Å². The second-order valence-electron chi connectivity index (χ2n) is 4.51. The van der Waals surface area contributed by atoms with Gasteiger partial charge in [0.05, 0.1) is 6.04 Å². The minimum atomic E-state index is 0.278. The van der Waals surface area contributed by atoms with Crippen LogP contribution in [0.5, 0.6) is 0 Å². The van der Waals surface area contributed by atoms with E-state index in [2.05, 4.69) is 33.2 Å². The molecule has 1 aliphatic rings. The summed E-state index contributed by atoms with van der Waals surface area (Å²) in [6, 6.07) is 2.47. The van der Waals surface area contributed by atoms with Gasteiger partial charge in [0.1, 0.15) is 10.7 Å². The molecular formula is C13H14N4S2. The Labute approximate surface area is 121 Å². The molecule has 0 aliphatic carbocycles. The molecule has 2 aromatic heterocycles. The number of nitrogens with zero attached hydrogens (tertiary/aromatic N) is 3. The highest BCUT2D eigenvalue weighted by atomic mass is 32.1. The van der Waals surface area contributed by atoms with Crippen LogP contribution >= 0.6 is 23.6 Å². The number of thiophene rings is 1. The van der Waals surface area contributed by atoms with Crippen LogP contribution in [0.3, 0.4) is 0 Å². The van der Waals surface area contributed by atoms with Gasteiger partial charge in [-0.05, 0) is 30.4 Å². The monoisotopic (exact) mass is 290 g/mol. The fourth-order valence-electron chi connectivity index (χ4n) is 2.51. The molecule has 0 spiro atoms. The van der Waals surface area contributed by atoms with Crippen molar-refractivity contribution in [1.29, 1.82) is 0 Å². The molecular weight excluding hydrogens is 276 g/mol. The second-order valence-corrected chi connectivity index (χ2v) is 5.95. The van der Waals surface area contributed by atoms with E-state index in [4.69, 9.17) is 18.0 Å². The topological polar surface area (TPSA) is 55.0 Å². The fraction of sp³-hybridized carbons (Fsp3) is 0.308. The maximum absolute atomic E-state index is 5.75. The summed E-state index contributed by atoms with van der Waals surface area (Å²) < 4.78 is 0. The Kier molecular flexibility index (Phi) is 3.20. The van der Waals surface area contributed by atoms with Gasteiger partial charge in [-0.2, -0.15) is 0 Å². The van der Waals surface area contributed by atoms with Crippen LogP contribution in [0.15, 0.2) is 23.8 Å². The molecule has 19 heavy (non-hydrogen) atoms. The lowest BCUT2D eigenvalue weighted by molar-refractivity contribution is 0.623. The summed E-state index contributed by atoms with van der Waals surface area (Å²) in [6.45, 7) is 3.10. The van der Waals surface area contributed by atoms with E-state index in [1.165, 1.54) is 10.4 Å². The molecule has 0 amide bonds. The first-order valence-electron chi connectivity index (χ1n) is 6.12. The first-order valence-corrected chi connectivity index (χ1v) is 7.41. The molecule has 3 heterocycles. The van der Waals surface area contributed by atoms with E-state index in [1.807, 2.05) is 11.3 Å². The second kappa shape index (κ2) is 4.86. The Morgan fingerprint density at radius 2 is 2.26 bits per heavy atom. The van der Waals surface area contributed by atoms with Crippen molar-refractivity contribution < 1.29 is 0 Å². The number of aromatic nitrogens is 2. The summed E-state index contributed by atoms with van der Waals surface area (Å²) in [7, 11) is 0. The van der Waals surface area contributed by atoms with Crippen LogP contribution in [0.4, 0.5) is 5.82 Å². The molecule has 1 aliphatic heterocycles. The average molecular weight is 290 g/mol. The van der Waals surface area contributed by atoms with Crippen molar-refractivity contribution in [1.82, 2.24) is 9.97 Å². The van der Waals surface area contributed by atoms with Crippen molar-refractivity contribution in [2.45, 2.75) is 19.4 Å². The van der Waals surface area contributed by atoms with Crippen molar-refractivity contribution in [3.8, 4) is 0 Å². The predicted octanol–water partition coefficient (Wildman–Crippen LogP) is 2.30. The van der Waals surface area contributed by atoms with Crippen LogP contribution in [0.1, 0.15) is 29.1 Å². The highest BCUT2D eigenvalue weighted by Crippen LogP contribution is 2.35. The zero-order valence-corrected chi connectivity index (χ0v) is 12.2. The number of rotatable bonds is 2. The van der Waals surface area contributed by atoms with Crippen LogP contribution < -0.4 is 10.6 Å². The maximum atomic E-state index is 5.75. The van der Waals surface area contributed by atoms with E-state index in [-0.39, 0.29) is 6.04 Å². The molecule has 98 valence electrons. The van der Waals surface area contributed by atoms with Gasteiger partial charge in [0.2, 0.25) is 0 Å². The molecule has 3 rings (SSSR count). The van der Waals surface area contributed by atoms with E-state index in [0.29, 0.717) is 10.7 Å². The Balaban J connectivity index is 2.03. The lowest BCUT2D eigenvalue weighted by atomic mass is 10.0. The molecule has 0 aromatic carbocycles. The molecule has 0 bridgehead atoms. The molecule has 1 atom stereocenters. The van der Waals surface area contributed by atoms with Crippen LogP contribution in [-0.2, 0) is 6.42 Å². The van der Waals surface area contributed by atoms with E-state index in [1.54, 1.807) is 12.4 Å². The number of nitrogens with two attached hydrogens (primary N) is 1. The third-order valence-electron chi connectivity index (χ3n) is 3.46. The maximum Gasteiger partial charge on any atom is 0.158 e. The number of thiocarbonyl (C=S) groups is 1. The number of anilines is 1. The molecule has 0 saturated carbocycles. The molecule has 6 heteroatoms. The lowest BCUT2D eigenvalue weighted by Gasteiger charge is -2.35. The van der Waals surface area contributed by atoms with Gasteiger partial charge in [0.15, 0.2) is 5.82 Å². The molecule has 1 unspecified atom stereocenters. The van der Waals surface area contributed by atoms with E-state index in [9.17, 15) is 0 Å². The summed E-state index contributed by atoms with van der Waals surface area (Å²) in [6.07, 6.45) is 4.35. The van der Waals surface area contributed by atoms with Gasteiger partial charge in [0.25, 0.3) is 0 Å². The van der Waals surface area contributed by atoms with Gasteiger partial charge in [-0.25, -0.2) is 9.97 Å². The Hall–Kier alpha value is -1.53. The van der Waals surface area contributed by atoms with E-state index < -0.39 is 0 Å². The van der Waals surface area contributed by atoms with Crippen molar-refractivity contribution in [2.75, 3.05) is 11.4 Å². The number of hydrogen-bond donors (Lipinski definition) is 1. The minimum Gasteiger partial charge on any atom is -0.388 e. The number of fused-ring (bicyclic) bond motifs is 1. The van der Waals surface area contributed by atoms with Gasteiger partial charge in [-0.1, -0.05) is 12.2 Å². The molecule has 0 fully saturated rings. The van der Waals surface area contributed by atoms with E-state index >= 15 is 0 Å². The van der Waals surface area contributed by atoms with Gasteiger partial charge in [-0.3, -0.25) is 0 Å². The summed E-state index contributed by atoms with van der Waals surface area (Å²) >= 11 is 6.89. The molecule has 2 aromatic rings. The minimum absolute atomic E-state index is 0.278. The smallest absolute Gasteiger partial charge is 0.158 e. The average Bonchev–Trinajstić information content (AvgIpc) is 2.88. The van der Waals surface area contributed by atoms with Gasteiger partial charge in [0, 0.05) is 23.8 Å². The van der Waals surface area contributed by atoms with Crippen LogP contribution in [0.2, 0.25) is 0 Å². The zero-order chi connectivity index (χ0) is 13.4. The van der Waals surface area contributed by atoms with Crippen molar-refractivity contribution in [3.63, 3.8) is 0 Å². The van der Waals surface area contributed by atoms with Crippen molar-refractivity contribution >= 4 is 34.4 Å². The van der Waals surface area contributed by atoms with E-state index in [0.717, 1.165) is 18.8 Å². The van der Waals surface area contributed by atoms with Crippen LogP contribution in [0, 0.1) is 0 Å². The SMILES string of the molecule is CC1c2ccsc2CCN1c1nccnc1C(N)=S. The largest absolute Gasteiger partial charge is 0.388 e. The third-order valence-corrected chi connectivity index (χ3v) is 4.65. The predicted molar refractivity (Wildman–Crippen MR) is 81.7 cm³/mol. The quantitative estimate of drug-likeness (QED) is 0.860. The summed E-state index contributed by atoms with van der Waals surface area (Å²) in [5.74, 6) is 0.791.